The number of nitrogens with two attached hydrogens (primary N) is 1. The fraction of sp³-hybridized carbons (Fsp3) is 0.571. The molecule has 1 aliphatic rings. The highest BCUT2D eigenvalue weighted by Gasteiger charge is 2.73. The van der Waals surface area contributed by atoms with E-state index in [4.69, 9.17) is 5.73 Å². The van der Waals surface area contributed by atoms with Gasteiger partial charge in [-0.1, -0.05) is 5.10 Å². The third kappa shape index (κ3) is 1.14. The number of nitro groups is 1. The van der Waals surface area contributed by atoms with Crippen LogP contribution in [-0.4, -0.2) is 27.6 Å². The number of rotatable bonds is 3. The van der Waals surface area contributed by atoms with Gasteiger partial charge in [0.25, 0.3) is 5.92 Å². The van der Waals surface area contributed by atoms with Crippen molar-refractivity contribution in [3.05, 3.63) is 21.9 Å². The lowest BCUT2D eigenvalue weighted by Gasteiger charge is -2.10. The number of hydrogen-bond donors (Lipinski definition) is 2. The fourth-order valence-corrected chi connectivity index (χ4v) is 1.73. The summed E-state index contributed by atoms with van der Waals surface area (Å²) in [6.07, 6.45) is 0.586. The molecule has 1 unspecified atom stereocenters. The van der Waals surface area contributed by atoms with Crippen molar-refractivity contribution < 1.29 is 13.7 Å². The third-order valence-corrected chi connectivity index (χ3v) is 2.76. The number of nitrogens with one attached hydrogen (secondary N) is 1. The summed E-state index contributed by atoms with van der Waals surface area (Å²) in [5.74, 6) is -3.48. The van der Waals surface area contributed by atoms with Crippen LogP contribution in [0.2, 0.25) is 0 Å². The second-order valence-electron chi connectivity index (χ2n) is 3.56. The Morgan fingerprint density at radius 1 is 1.73 bits per heavy atom. The van der Waals surface area contributed by atoms with E-state index < -0.39 is 28.5 Å². The summed E-state index contributed by atoms with van der Waals surface area (Å²) in [5, 5.41) is 16.0. The van der Waals surface area contributed by atoms with Gasteiger partial charge in [-0.3, -0.25) is 0 Å². The van der Waals surface area contributed by atoms with Gasteiger partial charge in [-0.05, 0) is 4.92 Å². The number of alkyl halides is 2. The molecular formula is C7H8F2N4O2. The lowest BCUT2D eigenvalue weighted by Crippen LogP contribution is -2.27. The van der Waals surface area contributed by atoms with E-state index >= 15 is 0 Å². The highest BCUT2D eigenvalue weighted by atomic mass is 19.3. The first-order valence-corrected chi connectivity index (χ1v) is 4.21. The lowest BCUT2D eigenvalue weighted by atomic mass is 9.98. The SMILES string of the molecule is NCC1(c2cn[nH]c2[N+](=O)[O-])CC1(F)F. The molecule has 15 heavy (non-hydrogen) atoms. The topological polar surface area (TPSA) is 97.8 Å². The Labute approximate surface area is 82.6 Å². The molecule has 0 spiro atoms. The van der Waals surface area contributed by atoms with Gasteiger partial charge in [-0.25, -0.2) is 8.78 Å². The Hall–Kier alpha value is -1.57. The summed E-state index contributed by atoms with van der Waals surface area (Å²) in [4.78, 5) is 9.76. The first kappa shape index (κ1) is 9.97. The summed E-state index contributed by atoms with van der Waals surface area (Å²) in [6.45, 7) is -0.333. The maximum Gasteiger partial charge on any atom is 0.346 e. The number of H-pyrrole nitrogens is 1. The van der Waals surface area contributed by atoms with Gasteiger partial charge < -0.3 is 15.8 Å². The molecular weight excluding hydrogens is 210 g/mol. The van der Waals surface area contributed by atoms with Crippen molar-refractivity contribution in [3.63, 3.8) is 0 Å². The zero-order chi connectivity index (χ0) is 11.3. The summed E-state index contributed by atoms with van der Waals surface area (Å²) in [5.41, 5.74) is 3.54. The molecule has 1 aromatic rings. The van der Waals surface area contributed by atoms with E-state index in [1.54, 1.807) is 0 Å². The van der Waals surface area contributed by atoms with Crippen LogP contribution in [0.3, 0.4) is 0 Å². The van der Waals surface area contributed by atoms with E-state index in [-0.39, 0.29) is 12.1 Å². The summed E-state index contributed by atoms with van der Waals surface area (Å²) < 4.78 is 26.2. The monoisotopic (exact) mass is 218 g/mol. The van der Waals surface area contributed by atoms with Gasteiger partial charge in [0.15, 0.2) is 0 Å². The summed E-state index contributed by atoms with van der Waals surface area (Å²) in [6, 6.07) is 0. The molecule has 0 aromatic carbocycles. The molecule has 2 rings (SSSR count). The molecule has 3 N–H and O–H groups in total. The predicted molar refractivity (Wildman–Crippen MR) is 45.5 cm³/mol. The van der Waals surface area contributed by atoms with Crippen LogP contribution in [0.5, 0.6) is 0 Å². The van der Waals surface area contributed by atoms with E-state index in [0.717, 1.165) is 6.20 Å². The smallest absolute Gasteiger partial charge is 0.346 e. The van der Waals surface area contributed by atoms with E-state index in [9.17, 15) is 18.9 Å². The standard InChI is InChI=1S/C7H8F2N4O2/c8-7(9)2-6(7,3-10)4-1-11-12-5(4)13(14)15/h1H,2-3,10H2,(H,11,12). The van der Waals surface area contributed by atoms with Crippen LogP contribution in [0.25, 0.3) is 0 Å². The molecule has 0 bridgehead atoms. The quantitative estimate of drug-likeness (QED) is 0.571. The first-order chi connectivity index (χ1) is 6.94. The van der Waals surface area contributed by atoms with Crippen molar-refractivity contribution >= 4 is 5.82 Å². The number of aromatic nitrogens is 2. The van der Waals surface area contributed by atoms with Crippen molar-refractivity contribution in [1.29, 1.82) is 0 Å². The molecule has 82 valence electrons. The van der Waals surface area contributed by atoms with E-state index in [0.29, 0.717) is 0 Å². The molecule has 1 aromatic heterocycles. The predicted octanol–water partition coefficient (Wildman–Crippen LogP) is 0.553. The molecule has 1 aliphatic carbocycles. The van der Waals surface area contributed by atoms with Gasteiger partial charge in [-0.15, -0.1) is 5.10 Å². The fourth-order valence-electron chi connectivity index (χ4n) is 1.73. The molecule has 0 amide bonds. The molecule has 1 saturated carbocycles. The van der Waals surface area contributed by atoms with Gasteiger partial charge in [0.2, 0.25) is 0 Å². The average molecular weight is 218 g/mol. The van der Waals surface area contributed by atoms with Crippen LogP contribution < -0.4 is 5.73 Å². The third-order valence-electron chi connectivity index (χ3n) is 2.76. The molecule has 1 atom stereocenters. The van der Waals surface area contributed by atoms with Crippen molar-refractivity contribution in [3.8, 4) is 0 Å². The Morgan fingerprint density at radius 2 is 2.33 bits per heavy atom. The number of hydrogen-bond acceptors (Lipinski definition) is 4. The number of halogens is 2. The molecule has 0 aliphatic heterocycles. The Bertz CT molecular complexity index is 419. The van der Waals surface area contributed by atoms with Crippen molar-refractivity contribution in [1.82, 2.24) is 10.2 Å². The molecule has 8 heteroatoms. The highest BCUT2D eigenvalue weighted by molar-refractivity contribution is 5.46. The molecule has 1 heterocycles. The van der Waals surface area contributed by atoms with E-state index in [2.05, 4.69) is 10.2 Å². The van der Waals surface area contributed by atoms with Crippen molar-refractivity contribution in [2.75, 3.05) is 6.54 Å². The minimum absolute atomic E-state index is 0.111. The molecule has 0 saturated heterocycles. The minimum atomic E-state index is -2.98. The lowest BCUT2D eigenvalue weighted by molar-refractivity contribution is -0.390. The van der Waals surface area contributed by atoms with Crippen molar-refractivity contribution in [2.45, 2.75) is 17.8 Å². The van der Waals surface area contributed by atoms with Crippen LogP contribution in [0.1, 0.15) is 12.0 Å². The zero-order valence-corrected chi connectivity index (χ0v) is 7.54. The van der Waals surface area contributed by atoms with Crippen LogP contribution in [0.4, 0.5) is 14.6 Å². The average Bonchev–Trinajstić information content (AvgIpc) is 2.59. The van der Waals surface area contributed by atoms with Gasteiger partial charge >= 0.3 is 5.82 Å². The zero-order valence-electron chi connectivity index (χ0n) is 7.54. The van der Waals surface area contributed by atoms with Gasteiger partial charge in [0, 0.05) is 13.0 Å². The Balaban J connectivity index is 2.46. The maximum atomic E-state index is 13.1. The van der Waals surface area contributed by atoms with Crippen LogP contribution >= 0.6 is 0 Å². The molecule has 0 radical (unpaired) electrons. The molecule has 6 nitrogen and oxygen atoms in total. The maximum absolute atomic E-state index is 13.1. The summed E-state index contributed by atoms with van der Waals surface area (Å²) >= 11 is 0. The highest BCUT2D eigenvalue weighted by Crippen LogP contribution is 2.62. The first-order valence-electron chi connectivity index (χ1n) is 4.21. The number of nitrogens with zero attached hydrogens (tertiary/aromatic N) is 2. The minimum Gasteiger partial charge on any atom is -0.358 e. The second-order valence-corrected chi connectivity index (χ2v) is 3.56. The van der Waals surface area contributed by atoms with Gasteiger partial charge in [-0.2, -0.15) is 0 Å². The Kier molecular flexibility index (Phi) is 1.81. The normalized spacial score (nSPS) is 27.7. The molecule has 1 fully saturated rings. The largest absolute Gasteiger partial charge is 0.358 e. The van der Waals surface area contributed by atoms with Crippen LogP contribution in [0, 0.1) is 10.1 Å². The van der Waals surface area contributed by atoms with Gasteiger partial charge in [0.1, 0.15) is 0 Å². The summed E-state index contributed by atoms with van der Waals surface area (Å²) in [7, 11) is 0. The Morgan fingerprint density at radius 3 is 2.73 bits per heavy atom. The second kappa shape index (κ2) is 2.72. The van der Waals surface area contributed by atoms with Gasteiger partial charge in [0.05, 0.1) is 17.2 Å². The van der Waals surface area contributed by atoms with Crippen molar-refractivity contribution in [2.24, 2.45) is 5.73 Å². The van der Waals surface area contributed by atoms with E-state index in [1.165, 1.54) is 0 Å². The van der Waals surface area contributed by atoms with Crippen LogP contribution in [-0.2, 0) is 5.41 Å². The number of aromatic amines is 1. The van der Waals surface area contributed by atoms with E-state index in [1.807, 2.05) is 0 Å². The van der Waals surface area contributed by atoms with Crippen LogP contribution in [0.15, 0.2) is 6.20 Å².